The summed E-state index contributed by atoms with van der Waals surface area (Å²) in [5.41, 5.74) is 3.75. The highest BCUT2D eigenvalue weighted by Gasteiger charge is 2.35. The standard InChI is InChI=1S/C16H31NO3/c1-3-4-5-6-7-8-9-10-11-12-13-14(18)16(2,17)15(19)20/h3-13,17H2,1-2H3,(H,19,20). The number of carboxylic acid groups (broad SMARTS) is 1. The SMILES string of the molecule is CCCCCCCCCCCCC(=O)C(C)(N)C(=O)O. The third-order valence-corrected chi connectivity index (χ3v) is 3.78. The van der Waals surface area contributed by atoms with Crippen molar-refractivity contribution >= 4 is 11.8 Å². The van der Waals surface area contributed by atoms with Crippen molar-refractivity contribution in [3.8, 4) is 0 Å². The van der Waals surface area contributed by atoms with Crippen LogP contribution < -0.4 is 5.73 Å². The molecule has 0 aromatic heterocycles. The Morgan fingerprint density at radius 1 is 0.900 bits per heavy atom. The second kappa shape index (κ2) is 10.8. The molecule has 1 atom stereocenters. The lowest BCUT2D eigenvalue weighted by Crippen LogP contribution is -2.52. The van der Waals surface area contributed by atoms with Gasteiger partial charge in [-0.15, -0.1) is 0 Å². The van der Waals surface area contributed by atoms with Gasteiger partial charge in [0.15, 0.2) is 11.3 Å². The molecule has 0 spiro atoms. The Kier molecular flexibility index (Phi) is 10.3. The molecule has 0 aliphatic carbocycles. The summed E-state index contributed by atoms with van der Waals surface area (Å²) in [4.78, 5) is 22.4. The van der Waals surface area contributed by atoms with Crippen LogP contribution in [0.2, 0.25) is 0 Å². The van der Waals surface area contributed by atoms with Gasteiger partial charge in [0.25, 0.3) is 0 Å². The summed E-state index contributed by atoms with van der Waals surface area (Å²) in [6, 6.07) is 0. The number of ketones is 1. The van der Waals surface area contributed by atoms with Crippen LogP contribution in [-0.4, -0.2) is 22.4 Å². The molecule has 0 aliphatic rings. The van der Waals surface area contributed by atoms with Gasteiger partial charge in [-0.2, -0.15) is 0 Å². The van der Waals surface area contributed by atoms with Crippen LogP contribution >= 0.6 is 0 Å². The largest absolute Gasteiger partial charge is 0.480 e. The lowest BCUT2D eigenvalue weighted by atomic mass is 9.93. The lowest BCUT2D eigenvalue weighted by Gasteiger charge is -2.17. The van der Waals surface area contributed by atoms with E-state index in [-0.39, 0.29) is 12.2 Å². The van der Waals surface area contributed by atoms with Crippen molar-refractivity contribution in [3.63, 3.8) is 0 Å². The molecule has 4 heteroatoms. The number of carboxylic acids is 1. The first-order chi connectivity index (χ1) is 9.42. The maximum atomic E-state index is 11.6. The Hall–Kier alpha value is -0.900. The molecule has 0 aliphatic heterocycles. The topological polar surface area (TPSA) is 80.4 Å². The molecule has 0 heterocycles. The first-order valence-corrected chi connectivity index (χ1v) is 7.98. The quantitative estimate of drug-likeness (QED) is 0.399. The van der Waals surface area contributed by atoms with E-state index in [1.807, 2.05) is 0 Å². The molecule has 4 nitrogen and oxygen atoms in total. The van der Waals surface area contributed by atoms with Gasteiger partial charge in [-0.1, -0.05) is 64.7 Å². The van der Waals surface area contributed by atoms with Crippen molar-refractivity contribution in [1.82, 2.24) is 0 Å². The van der Waals surface area contributed by atoms with Crippen LogP contribution in [0.5, 0.6) is 0 Å². The van der Waals surface area contributed by atoms with E-state index in [1.165, 1.54) is 51.9 Å². The number of aliphatic carboxylic acids is 1. The molecule has 118 valence electrons. The van der Waals surface area contributed by atoms with E-state index in [0.29, 0.717) is 0 Å². The molecular weight excluding hydrogens is 254 g/mol. The minimum absolute atomic E-state index is 0.274. The fourth-order valence-electron chi connectivity index (χ4n) is 2.15. The van der Waals surface area contributed by atoms with Crippen molar-refractivity contribution in [2.45, 2.75) is 90.0 Å². The zero-order valence-corrected chi connectivity index (χ0v) is 13.1. The Morgan fingerprint density at radius 2 is 1.30 bits per heavy atom. The van der Waals surface area contributed by atoms with E-state index >= 15 is 0 Å². The highest BCUT2D eigenvalue weighted by atomic mass is 16.4. The van der Waals surface area contributed by atoms with Crippen LogP contribution in [0.15, 0.2) is 0 Å². The van der Waals surface area contributed by atoms with Crippen molar-refractivity contribution in [2.75, 3.05) is 0 Å². The summed E-state index contributed by atoms with van der Waals surface area (Å²) in [7, 11) is 0. The van der Waals surface area contributed by atoms with Gasteiger partial charge in [-0.05, 0) is 13.3 Å². The summed E-state index contributed by atoms with van der Waals surface area (Å²) in [6.45, 7) is 3.49. The number of carbonyl (C=O) groups excluding carboxylic acids is 1. The van der Waals surface area contributed by atoms with Gasteiger partial charge >= 0.3 is 5.97 Å². The molecule has 0 amide bonds. The summed E-state index contributed by atoms with van der Waals surface area (Å²) in [5, 5.41) is 8.83. The molecule has 0 aromatic carbocycles. The first-order valence-electron chi connectivity index (χ1n) is 7.98. The number of hydrogen-bond acceptors (Lipinski definition) is 3. The lowest BCUT2D eigenvalue weighted by molar-refractivity contribution is -0.147. The maximum absolute atomic E-state index is 11.6. The second-order valence-electron chi connectivity index (χ2n) is 5.86. The number of Topliss-reactive ketones (excluding diaryl/α,β-unsaturated/α-hetero) is 1. The van der Waals surface area contributed by atoms with Crippen molar-refractivity contribution in [1.29, 1.82) is 0 Å². The average Bonchev–Trinajstić information content (AvgIpc) is 2.40. The second-order valence-corrected chi connectivity index (χ2v) is 5.86. The molecule has 20 heavy (non-hydrogen) atoms. The van der Waals surface area contributed by atoms with E-state index in [4.69, 9.17) is 10.8 Å². The van der Waals surface area contributed by atoms with Gasteiger partial charge in [-0.25, -0.2) is 4.79 Å². The molecule has 1 unspecified atom stereocenters. The predicted molar refractivity (Wildman–Crippen MR) is 81.7 cm³/mol. The molecule has 0 saturated heterocycles. The van der Waals surface area contributed by atoms with E-state index in [2.05, 4.69) is 6.92 Å². The van der Waals surface area contributed by atoms with Gasteiger partial charge < -0.3 is 10.8 Å². The molecule has 0 radical (unpaired) electrons. The number of nitrogens with two attached hydrogens (primary N) is 1. The van der Waals surface area contributed by atoms with Crippen LogP contribution in [0.25, 0.3) is 0 Å². The van der Waals surface area contributed by atoms with Crippen molar-refractivity contribution < 1.29 is 14.7 Å². The normalized spacial score (nSPS) is 13.9. The van der Waals surface area contributed by atoms with Crippen LogP contribution in [0.3, 0.4) is 0 Å². The van der Waals surface area contributed by atoms with E-state index in [0.717, 1.165) is 19.3 Å². The van der Waals surface area contributed by atoms with Crippen LogP contribution in [0, 0.1) is 0 Å². The minimum atomic E-state index is -1.72. The highest BCUT2D eigenvalue weighted by molar-refractivity contribution is 6.06. The smallest absolute Gasteiger partial charge is 0.331 e. The van der Waals surface area contributed by atoms with Crippen molar-refractivity contribution in [2.24, 2.45) is 5.73 Å². The zero-order chi connectivity index (χ0) is 15.4. The van der Waals surface area contributed by atoms with E-state index < -0.39 is 11.5 Å². The zero-order valence-electron chi connectivity index (χ0n) is 13.1. The van der Waals surface area contributed by atoms with E-state index in [9.17, 15) is 9.59 Å². The molecular formula is C16H31NO3. The van der Waals surface area contributed by atoms with Gasteiger partial charge in [-0.3, -0.25) is 4.79 Å². The minimum Gasteiger partial charge on any atom is -0.480 e. The average molecular weight is 285 g/mol. The fourth-order valence-corrected chi connectivity index (χ4v) is 2.15. The highest BCUT2D eigenvalue weighted by Crippen LogP contribution is 2.13. The Bertz CT molecular complexity index is 287. The third-order valence-electron chi connectivity index (χ3n) is 3.78. The van der Waals surface area contributed by atoms with E-state index in [1.54, 1.807) is 0 Å². The van der Waals surface area contributed by atoms with Crippen LogP contribution in [0.4, 0.5) is 0 Å². The monoisotopic (exact) mass is 285 g/mol. The molecule has 3 N–H and O–H groups in total. The summed E-state index contributed by atoms with van der Waals surface area (Å²) < 4.78 is 0. The number of hydrogen-bond donors (Lipinski definition) is 2. The first kappa shape index (κ1) is 19.1. The summed E-state index contributed by atoms with van der Waals surface area (Å²) in [6.07, 6.45) is 12.2. The van der Waals surface area contributed by atoms with Gasteiger partial charge in [0.05, 0.1) is 0 Å². The maximum Gasteiger partial charge on any atom is 0.331 e. The molecule has 0 bridgehead atoms. The summed E-state index contributed by atoms with van der Waals surface area (Å²) in [5.74, 6) is -1.61. The number of carbonyl (C=O) groups is 2. The van der Waals surface area contributed by atoms with Crippen molar-refractivity contribution in [3.05, 3.63) is 0 Å². The van der Waals surface area contributed by atoms with Gasteiger partial charge in [0, 0.05) is 6.42 Å². The Balaban J connectivity index is 3.45. The summed E-state index contributed by atoms with van der Waals surface area (Å²) >= 11 is 0. The molecule has 0 saturated carbocycles. The number of rotatable bonds is 13. The predicted octanol–water partition coefficient (Wildman–Crippen LogP) is 3.67. The number of unbranched alkanes of at least 4 members (excludes halogenated alkanes) is 9. The third kappa shape index (κ3) is 8.31. The molecule has 0 fully saturated rings. The Labute approximate surface area is 123 Å². The van der Waals surface area contributed by atoms with Gasteiger partial charge in [0.1, 0.15) is 0 Å². The fraction of sp³-hybridized carbons (Fsp3) is 0.875. The Morgan fingerprint density at radius 3 is 1.70 bits per heavy atom. The van der Waals surface area contributed by atoms with Crippen LogP contribution in [-0.2, 0) is 9.59 Å². The van der Waals surface area contributed by atoms with Gasteiger partial charge in [0.2, 0.25) is 0 Å². The van der Waals surface area contributed by atoms with Crippen LogP contribution in [0.1, 0.15) is 84.5 Å². The molecule has 0 rings (SSSR count). The molecule has 0 aromatic rings.